The third-order valence-corrected chi connectivity index (χ3v) is 5.09. The summed E-state index contributed by atoms with van der Waals surface area (Å²) in [4.78, 5) is 25.7. The summed E-state index contributed by atoms with van der Waals surface area (Å²) in [5, 5.41) is 8.04. The minimum atomic E-state index is -0.331. The highest BCUT2D eigenvalue weighted by Crippen LogP contribution is 2.36. The number of carbonyl (C=O) groups excluding carboxylic acids is 2. The second-order valence-electron chi connectivity index (χ2n) is 6.71. The van der Waals surface area contributed by atoms with Crippen molar-refractivity contribution in [1.29, 1.82) is 0 Å². The molecule has 2 aliphatic heterocycles. The Balaban J connectivity index is 1.50. The SMILES string of the molecule is CNC(=O)NCC(=O)NC1C[C@H]2CC[C@@H](C1)N2Cc1ccccc1. The average Bonchev–Trinajstić information content (AvgIpc) is 2.82. The first-order valence-electron chi connectivity index (χ1n) is 8.70. The predicted molar refractivity (Wildman–Crippen MR) is 92.4 cm³/mol. The van der Waals surface area contributed by atoms with E-state index in [1.54, 1.807) is 0 Å². The number of amides is 3. The molecule has 0 saturated carbocycles. The van der Waals surface area contributed by atoms with Crippen LogP contribution in [0.4, 0.5) is 4.79 Å². The van der Waals surface area contributed by atoms with E-state index >= 15 is 0 Å². The van der Waals surface area contributed by atoms with Crippen molar-refractivity contribution >= 4 is 11.9 Å². The van der Waals surface area contributed by atoms with Gasteiger partial charge in [-0.1, -0.05) is 30.3 Å². The number of fused-ring (bicyclic) bond motifs is 2. The Kier molecular flexibility index (Phi) is 5.35. The topological polar surface area (TPSA) is 73.5 Å². The van der Waals surface area contributed by atoms with Crippen LogP contribution in [0, 0.1) is 0 Å². The van der Waals surface area contributed by atoms with Crippen LogP contribution < -0.4 is 16.0 Å². The highest BCUT2D eigenvalue weighted by atomic mass is 16.2. The molecule has 3 amide bonds. The Morgan fingerprint density at radius 2 is 1.79 bits per heavy atom. The molecule has 0 aromatic heterocycles. The van der Waals surface area contributed by atoms with Crippen molar-refractivity contribution in [3.8, 4) is 0 Å². The molecule has 6 heteroatoms. The quantitative estimate of drug-likeness (QED) is 0.760. The Hall–Kier alpha value is -2.08. The van der Waals surface area contributed by atoms with Crippen molar-refractivity contribution in [3.05, 3.63) is 35.9 Å². The van der Waals surface area contributed by atoms with E-state index in [1.165, 1.54) is 25.5 Å². The van der Waals surface area contributed by atoms with E-state index in [4.69, 9.17) is 0 Å². The van der Waals surface area contributed by atoms with Crippen LogP contribution in [0.2, 0.25) is 0 Å². The van der Waals surface area contributed by atoms with Gasteiger partial charge in [-0.05, 0) is 31.2 Å². The van der Waals surface area contributed by atoms with E-state index in [0.29, 0.717) is 12.1 Å². The molecule has 0 aliphatic carbocycles. The van der Waals surface area contributed by atoms with Gasteiger partial charge in [-0.25, -0.2) is 4.79 Å². The largest absolute Gasteiger partial charge is 0.352 e. The van der Waals surface area contributed by atoms with Gasteiger partial charge in [-0.15, -0.1) is 0 Å². The van der Waals surface area contributed by atoms with Crippen LogP contribution in [0.5, 0.6) is 0 Å². The molecule has 3 N–H and O–H groups in total. The van der Waals surface area contributed by atoms with E-state index in [9.17, 15) is 9.59 Å². The Bertz CT molecular complexity index is 564. The number of benzene rings is 1. The lowest BCUT2D eigenvalue weighted by Crippen LogP contribution is -2.51. The Labute approximate surface area is 143 Å². The zero-order valence-electron chi connectivity index (χ0n) is 14.1. The number of hydrogen-bond donors (Lipinski definition) is 3. The first-order valence-corrected chi connectivity index (χ1v) is 8.70. The maximum absolute atomic E-state index is 12.0. The molecule has 3 atom stereocenters. The first kappa shape index (κ1) is 16.8. The van der Waals surface area contributed by atoms with Gasteiger partial charge in [0, 0.05) is 31.7 Å². The Morgan fingerprint density at radius 1 is 1.12 bits per heavy atom. The van der Waals surface area contributed by atoms with Gasteiger partial charge in [0.25, 0.3) is 0 Å². The van der Waals surface area contributed by atoms with Crippen LogP contribution in [0.3, 0.4) is 0 Å². The van der Waals surface area contributed by atoms with E-state index < -0.39 is 0 Å². The summed E-state index contributed by atoms with van der Waals surface area (Å²) in [5.74, 6) is -0.112. The lowest BCUT2D eigenvalue weighted by molar-refractivity contribution is -0.121. The van der Waals surface area contributed by atoms with Crippen LogP contribution >= 0.6 is 0 Å². The lowest BCUT2D eigenvalue weighted by atomic mass is 9.96. The number of piperidine rings is 1. The van der Waals surface area contributed by atoms with Crippen molar-refractivity contribution in [2.24, 2.45) is 0 Å². The first-order chi connectivity index (χ1) is 11.7. The van der Waals surface area contributed by atoms with Crippen molar-refractivity contribution in [1.82, 2.24) is 20.9 Å². The molecule has 2 saturated heterocycles. The molecule has 1 aromatic carbocycles. The second-order valence-corrected chi connectivity index (χ2v) is 6.71. The zero-order valence-corrected chi connectivity index (χ0v) is 14.1. The van der Waals surface area contributed by atoms with Gasteiger partial charge in [-0.2, -0.15) is 0 Å². The van der Waals surface area contributed by atoms with Gasteiger partial charge < -0.3 is 16.0 Å². The smallest absolute Gasteiger partial charge is 0.314 e. The molecule has 24 heavy (non-hydrogen) atoms. The van der Waals surface area contributed by atoms with E-state index in [0.717, 1.165) is 19.4 Å². The van der Waals surface area contributed by atoms with Gasteiger partial charge in [0.15, 0.2) is 0 Å². The normalized spacial score (nSPS) is 26.0. The van der Waals surface area contributed by atoms with Gasteiger partial charge in [-0.3, -0.25) is 9.69 Å². The van der Waals surface area contributed by atoms with Gasteiger partial charge >= 0.3 is 6.03 Å². The summed E-state index contributed by atoms with van der Waals surface area (Å²) in [6, 6.07) is 11.5. The molecule has 2 fully saturated rings. The maximum Gasteiger partial charge on any atom is 0.314 e. The molecule has 2 aliphatic rings. The second kappa shape index (κ2) is 7.66. The van der Waals surface area contributed by atoms with Crippen LogP contribution in [-0.2, 0) is 11.3 Å². The number of nitrogens with one attached hydrogen (secondary N) is 3. The number of urea groups is 1. The fraction of sp³-hybridized carbons (Fsp3) is 0.556. The molecule has 6 nitrogen and oxygen atoms in total. The van der Waals surface area contributed by atoms with Crippen molar-refractivity contribution in [2.75, 3.05) is 13.6 Å². The summed E-state index contributed by atoms with van der Waals surface area (Å²) < 4.78 is 0. The molecule has 0 radical (unpaired) electrons. The molecule has 130 valence electrons. The molecule has 2 heterocycles. The fourth-order valence-corrected chi connectivity index (χ4v) is 3.97. The molecule has 3 rings (SSSR count). The van der Waals surface area contributed by atoms with Crippen LogP contribution in [-0.4, -0.2) is 48.6 Å². The van der Waals surface area contributed by atoms with Crippen molar-refractivity contribution in [3.63, 3.8) is 0 Å². The summed E-state index contributed by atoms with van der Waals surface area (Å²) in [6.45, 7) is 1.02. The summed E-state index contributed by atoms with van der Waals surface area (Å²) >= 11 is 0. The standard InChI is InChI=1S/C18H26N4O2/c1-19-18(24)20-11-17(23)21-14-9-15-7-8-16(10-14)22(15)12-13-5-3-2-4-6-13/h2-6,14-16H,7-12H2,1H3,(H,21,23)(H2,19,20,24)/t14?,15-,16+. The third kappa shape index (κ3) is 4.06. The van der Waals surface area contributed by atoms with Crippen LogP contribution in [0.25, 0.3) is 0 Å². The summed E-state index contributed by atoms with van der Waals surface area (Å²) in [5.41, 5.74) is 1.35. The molecular formula is C18H26N4O2. The number of carbonyl (C=O) groups is 2. The highest BCUT2D eigenvalue weighted by molar-refractivity contribution is 5.83. The van der Waals surface area contributed by atoms with Crippen LogP contribution in [0.1, 0.15) is 31.2 Å². The molecular weight excluding hydrogens is 304 g/mol. The zero-order chi connectivity index (χ0) is 16.9. The van der Waals surface area contributed by atoms with Crippen molar-refractivity contribution in [2.45, 2.75) is 50.4 Å². The van der Waals surface area contributed by atoms with E-state index in [1.807, 2.05) is 6.07 Å². The predicted octanol–water partition coefficient (Wildman–Crippen LogP) is 1.23. The van der Waals surface area contributed by atoms with Crippen LogP contribution in [0.15, 0.2) is 30.3 Å². The third-order valence-electron chi connectivity index (χ3n) is 5.09. The lowest BCUT2D eigenvalue weighted by Gasteiger charge is -2.39. The van der Waals surface area contributed by atoms with Crippen molar-refractivity contribution < 1.29 is 9.59 Å². The summed E-state index contributed by atoms with van der Waals surface area (Å²) in [7, 11) is 1.54. The average molecular weight is 330 g/mol. The fourth-order valence-electron chi connectivity index (χ4n) is 3.97. The van der Waals surface area contributed by atoms with E-state index in [-0.39, 0.29) is 24.5 Å². The molecule has 1 unspecified atom stereocenters. The number of rotatable bonds is 5. The highest BCUT2D eigenvalue weighted by Gasteiger charge is 2.40. The molecule has 2 bridgehead atoms. The minimum absolute atomic E-state index is 0.0270. The molecule has 1 aromatic rings. The van der Waals surface area contributed by atoms with Gasteiger partial charge in [0.2, 0.25) is 5.91 Å². The Morgan fingerprint density at radius 3 is 2.42 bits per heavy atom. The number of nitrogens with zero attached hydrogens (tertiary/aromatic N) is 1. The summed E-state index contributed by atoms with van der Waals surface area (Å²) in [6.07, 6.45) is 4.41. The maximum atomic E-state index is 12.0. The van der Waals surface area contributed by atoms with E-state index in [2.05, 4.69) is 45.1 Å². The van der Waals surface area contributed by atoms with Gasteiger partial charge in [0.1, 0.15) is 0 Å². The monoisotopic (exact) mass is 330 g/mol. The number of hydrogen-bond acceptors (Lipinski definition) is 3. The molecule has 0 spiro atoms. The van der Waals surface area contributed by atoms with Gasteiger partial charge in [0.05, 0.1) is 6.54 Å². The minimum Gasteiger partial charge on any atom is -0.352 e.